The highest BCUT2D eigenvalue weighted by molar-refractivity contribution is 6.32. The van der Waals surface area contributed by atoms with Gasteiger partial charge in [0.2, 0.25) is 0 Å². The summed E-state index contributed by atoms with van der Waals surface area (Å²) in [6.07, 6.45) is 1.18. The lowest BCUT2D eigenvalue weighted by molar-refractivity contribution is 0.167. The molecule has 0 bridgehead atoms. The number of aliphatic hydroxyl groups excluding tert-OH is 1. The Balaban J connectivity index is 2.47. The number of ether oxygens (including phenoxy) is 1. The van der Waals surface area contributed by atoms with Gasteiger partial charge in [-0.15, -0.1) is 0 Å². The summed E-state index contributed by atoms with van der Waals surface area (Å²) in [6.45, 7) is 0.633. The van der Waals surface area contributed by atoms with Crippen LogP contribution < -0.4 is 4.74 Å². The highest BCUT2D eigenvalue weighted by Gasteiger charge is 2.18. The van der Waals surface area contributed by atoms with E-state index in [4.69, 9.17) is 16.3 Å². The van der Waals surface area contributed by atoms with Gasteiger partial charge in [0.25, 0.3) is 0 Å². The summed E-state index contributed by atoms with van der Waals surface area (Å²) in [5.41, 5.74) is 0.810. The molecule has 1 aromatic rings. The van der Waals surface area contributed by atoms with E-state index < -0.39 is 6.10 Å². The largest absolute Gasteiger partial charge is 0.492 e. The van der Waals surface area contributed by atoms with E-state index in [0.29, 0.717) is 17.4 Å². The van der Waals surface area contributed by atoms with E-state index in [-0.39, 0.29) is 0 Å². The predicted octanol–water partition coefficient (Wildman–Crippen LogP) is 2.55. The lowest BCUT2D eigenvalue weighted by Gasteiger charge is -2.11. The fraction of sp³-hybridized carbons (Fsp3) is 0.400. The molecule has 2 rings (SSSR count). The smallest absolute Gasteiger partial charge is 0.143 e. The molecule has 70 valence electrons. The molecule has 0 fully saturated rings. The molecule has 0 aliphatic carbocycles. The van der Waals surface area contributed by atoms with Crippen LogP contribution in [0.1, 0.15) is 24.5 Å². The minimum atomic E-state index is -0.434. The van der Waals surface area contributed by atoms with Gasteiger partial charge in [0.15, 0.2) is 0 Å². The lowest BCUT2D eigenvalue weighted by atomic mass is 10.1. The third kappa shape index (κ3) is 1.64. The molecule has 0 saturated heterocycles. The quantitative estimate of drug-likeness (QED) is 0.694. The average Bonchev–Trinajstić information content (AvgIpc) is 2.30. The molecule has 1 atom stereocenters. The number of halogens is 1. The van der Waals surface area contributed by atoms with Crippen LogP contribution in [0.5, 0.6) is 5.75 Å². The van der Waals surface area contributed by atoms with Gasteiger partial charge in [-0.2, -0.15) is 0 Å². The number of fused-ring (bicyclic) bond motifs is 1. The second-order valence-electron chi connectivity index (χ2n) is 3.16. The fourth-order valence-corrected chi connectivity index (χ4v) is 1.78. The molecule has 0 aromatic heterocycles. The van der Waals surface area contributed by atoms with Crippen LogP contribution in [-0.2, 0) is 0 Å². The Morgan fingerprint density at radius 2 is 2.31 bits per heavy atom. The minimum Gasteiger partial charge on any atom is -0.492 e. The molecule has 0 radical (unpaired) electrons. The van der Waals surface area contributed by atoms with Crippen molar-refractivity contribution in [3.05, 3.63) is 28.8 Å². The first kappa shape index (κ1) is 8.85. The number of aliphatic hydroxyl groups is 1. The van der Waals surface area contributed by atoms with Crippen LogP contribution in [0.15, 0.2) is 18.2 Å². The van der Waals surface area contributed by atoms with E-state index in [1.807, 2.05) is 12.1 Å². The van der Waals surface area contributed by atoms with Gasteiger partial charge in [-0.25, -0.2) is 0 Å². The van der Waals surface area contributed by atoms with Crippen LogP contribution in [0.2, 0.25) is 5.02 Å². The summed E-state index contributed by atoms with van der Waals surface area (Å²) in [4.78, 5) is 0. The molecule has 2 nitrogen and oxygen atoms in total. The number of rotatable bonds is 0. The van der Waals surface area contributed by atoms with E-state index >= 15 is 0 Å². The van der Waals surface area contributed by atoms with E-state index in [1.165, 1.54) is 0 Å². The summed E-state index contributed by atoms with van der Waals surface area (Å²) in [5, 5.41) is 10.3. The topological polar surface area (TPSA) is 29.5 Å². The molecule has 0 amide bonds. The molecule has 0 spiro atoms. The highest BCUT2D eigenvalue weighted by atomic mass is 35.5. The van der Waals surface area contributed by atoms with Crippen molar-refractivity contribution >= 4 is 11.6 Å². The second kappa shape index (κ2) is 3.56. The van der Waals surface area contributed by atoms with E-state index in [2.05, 4.69) is 0 Å². The standard InChI is InChI=1S/C10H11ClO2/c11-8-4-1-3-7-9(12)5-2-6-13-10(7)8/h1,3-4,9,12H,2,5-6H2/t9-/m0/s1. The monoisotopic (exact) mass is 198 g/mol. The molecule has 1 aliphatic heterocycles. The lowest BCUT2D eigenvalue weighted by Crippen LogP contribution is -1.96. The molecular formula is C10H11ClO2. The van der Waals surface area contributed by atoms with Gasteiger partial charge in [0.05, 0.1) is 17.7 Å². The Morgan fingerprint density at radius 3 is 3.15 bits per heavy atom. The van der Waals surface area contributed by atoms with Gasteiger partial charge < -0.3 is 9.84 Å². The normalized spacial score (nSPS) is 21.5. The van der Waals surface area contributed by atoms with Crippen molar-refractivity contribution in [1.82, 2.24) is 0 Å². The number of hydrogen-bond acceptors (Lipinski definition) is 2. The zero-order valence-corrected chi connectivity index (χ0v) is 7.92. The molecule has 0 unspecified atom stereocenters. The first-order valence-electron chi connectivity index (χ1n) is 4.38. The van der Waals surface area contributed by atoms with Crippen molar-refractivity contribution in [2.75, 3.05) is 6.61 Å². The van der Waals surface area contributed by atoms with E-state index in [1.54, 1.807) is 6.07 Å². The summed E-state index contributed by atoms with van der Waals surface area (Å²) in [7, 11) is 0. The van der Waals surface area contributed by atoms with Crippen molar-refractivity contribution in [2.24, 2.45) is 0 Å². The van der Waals surface area contributed by atoms with Crippen LogP contribution in [0.25, 0.3) is 0 Å². The van der Waals surface area contributed by atoms with Gasteiger partial charge in [-0.3, -0.25) is 0 Å². The molecule has 1 aromatic carbocycles. The Bertz CT molecular complexity index is 312. The highest BCUT2D eigenvalue weighted by Crippen LogP contribution is 2.36. The van der Waals surface area contributed by atoms with Crippen molar-refractivity contribution in [2.45, 2.75) is 18.9 Å². The molecule has 1 aliphatic rings. The first-order chi connectivity index (χ1) is 6.29. The van der Waals surface area contributed by atoms with Gasteiger partial charge in [-0.1, -0.05) is 23.7 Å². The number of para-hydroxylation sites is 1. The Hall–Kier alpha value is -0.730. The van der Waals surface area contributed by atoms with Crippen LogP contribution in [0.4, 0.5) is 0 Å². The second-order valence-corrected chi connectivity index (χ2v) is 3.57. The van der Waals surface area contributed by atoms with Crippen LogP contribution in [0, 0.1) is 0 Å². The van der Waals surface area contributed by atoms with Crippen LogP contribution in [0.3, 0.4) is 0 Å². The summed E-state index contributed by atoms with van der Waals surface area (Å²) < 4.78 is 5.46. The molecule has 13 heavy (non-hydrogen) atoms. The Morgan fingerprint density at radius 1 is 1.46 bits per heavy atom. The predicted molar refractivity (Wildman–Crippen MR) is 51.1 cm³/mol. The number of benzene rings is 1. The maximum atomic E-state index is 9.73. The van der Waals surface area contributed by atoms with Crippen molar-refractivity contribution in [3.63, 3.8) is 0 Å². The van der Waals surface area contributed by atoms with Gasteiger partial charge in [-0.05, 0) is 18.9 Å². The molecule has 3 heteroatoms. The van der Waals surface area contributed by atoms with Crippen LogP contribution >= 0.6 is 11.6 Å². The summed E-state index contributed by atoms with van der Waals surface area (Å²) in [5.74, 6) is 0.647. The van der Waals surface area contributed by atoms with Gasteiger partial charge in [0.1, 0.15) is 5.75 Å². The van der Waals surface area contributed by atoms with Gasteiger partial charge >= 0.3 is 0 Å². The third-order valence-electron chi connectivity index (χ3n) is 2.22. The van der Waals surface area contributed by atoms with E-state index in [9.17, 15) is 5.11 Å². The van der Waals surface area contributed by atoms with Crippen LogP contribution in [-0.4, -0.2) is 11.7 Å². The van der Waals surface area contributed by atoms with Gasteiger partial charge in [0, 0.05) is 5.56 Å². The Kier molecular flexibility index (Phi) is 2.42. The minimum absolute atomic E-state index is 0.434. The number of hydrogen-bond donors (Lipinski definition) is 1. The fourth-order valence-electron chi connectivity index (χ4n) is 1.55. The summed E-state index contributed by atoms with van der Waals surface area (Å²) in [6, 6.07) is 5.47. The molecule has 1 N–H and O–H groups in total. The molecule has 1 heterocycles. The van der Waals surface area contributed by atoms with Crippen molar-refractivity contribution in [3.8, 4) is 5.75 Å². The maximum absolute atomic E-state index is 9.73. The summed E-state index contributed by atoms with van der Waals surface area (Å²) >= 11 is 5.94. The molecule has 0 saturated carbocycles. The van der Waals surface area contributed by atoms with Crippen molar-refractivity contribution < 1.29 is 9.84 Å². The Labute approximate surface area is 82.1 Å². The maximum Gasteiger partial charge on any atom is 0.143 e. The SMILES string of the molecule is O[C@H]1CCCOc2c(Cl)cccc21. The third-order valence-corrected chi connectivity index (χ3v) is 2.52. The van der Waals surface area contributed by atoms with E-state index in [0.717, 1.165) is 18.4 Å². The average molecular weight is 199 g/mol. The first-order valence-corrected chi connectivity index (χ1v) is 4.76. The van der Waals surface area contributed by atoms with Crippen molar-refractivity contribution in [1.29, 1.82) is 0 Å². The zero-order valence-electron chi connectivity index (χ0n) is 7.16. The molecular weight excluding hydrogens is 188 g/mol. The zero-order chi connectivity index (χ0) is 9.26.